The van der Waals surface area contributed by atoms with Crippen molar-refractivity contribution in [2.24, 2.45) is 0 Å². The number of rotatable bonds is 5. The highest BCUT2D eigenvalue weighted by Gasteiger charge is 2.16. The number of nitrogens with zero attached hydrogens (tertiary/aromatic N) is 1. The van der Waals surface area contributed by atoms with Crippen LogP contribution in [0.5, 0.6) is 5.75 Å². The lowest BCUT2D eigenvalue weighted by Crippen LogP contribution is -2.28. The molecule has 0 aliphatic rings. The van der Waals surface area contributed by atoms with Crippen molar-refractivity contribution < 1.29 is 9.53 Å². The van der Waals surface area contributed by atoms with Gasteiger partial charge in [-0.1, -0.05) is 24.3 Å². The van der Waals surface area contributed by atoms with Gasteiger partial charge in [0, 0.05) is 11.3 Å². The van der Waals surface area contributed by atoms with E-state index in [0.29, 0.717) is 5.69 Å². The van der Waals surface area contributed by atoms with Crippen molar-refractivity contribution in [3.63, 3.8) is 0 Å². The van der Waals surface area contributed by atoms with Gasteiger partial charge in [0.1, 0.15) is 11.4 Å². The van der Waals surface area contributed by atoms with E-state index in [1.807, 2.05) is 64.1 Å². The van der Waals surface area contributed by atoms with E-state index in [4.69, 9.17) is 4.74 Å². The van der Waals surface area contributed by atoms with E-state index in [1.54, 1.807) is 6.07 Å². The first kappa shape index (κ1) is 16.0. The molecule has 4 heteroatoms. The fourth-order valence-corrected chi connectivity index (χ4v) is 2.22. The van der Waals surface area contributed by atoms with Crippen LogP contribution < -0.4 is 10.1 Å². The monoisotopic (exact) mass is 298 g/mol. The summed E-state index contributed by atoms with van der Waals surface area (Å²) in [6, 6.07) is 13.0. The van der Waals surface area contributed by atoms with E-state index in [2.05, 4.69) is 10.3 Å². The number of hydrogen-bond acceptors (Lipinski definition) is 3. The number of amides is 1. The second kappa shape index (κ2) is 7.07. The van der Waals surface area contributed by atoms with Gasteiger partial charge in [-0.05, 0) is 45.9 Å². The minimum Gasteiger partial charge on any atom is -0.491 e. The smallest absolute Gasteiger partial charge is 0.270 e. The van der Waals surface area contributed by atoms with Gasteiger partial charge in [0.15, 0.2) is 0 Å². The Morgan fingerprint density at radius 2 is 1.82 bits per heavy atom. The number of para-hydroxylation sites is 1. The number of pyridine rings is 1. The molecule has 0 fully saturated rings. The van der Waals surface area contributed by atoms with Gasteiger partial charge in [-0.25, -0.2) is 4.98 Å². The Kier molecular flexibility index (Phi) is 5.15. The maximum Gasteiger partial charge on any atom is 0.270 e. The highest BCUT2D eigenvalue weighted by molar-refractivity contribution is 5.92. The molecule has 0 spiro atoms. The van der Waals surface area contributed by atoms with Gasteiger partial charge in [0.05, 0.1) is 12.1 Å². The standard InChI is InChI=1S/C18H22N2O2/c1-12(2)22-17-11-6-5-9-15(17)14(4)20-18(21)16-10-7-8-13(3)19-16/h5-12,14H,1-4H3,(H,20,21)/t14-/m0/s1. The van der Waals surface area contributed by atoms with Crippen LogP contribution in [0.15, 0.2) is 42.5 Å². The molecule has 2 aromatic rings. The highest BCUT2D eigenvalue weighted by Crippen LogP contribution is 2.25. The maximum absolute atomic E-state index is 12.3. The average Bonchev–Trinajstić information content (AvgIpc) is 2.47. The van der Waals surface area contributed by atoms with Crippen LogP contribution in [-0.4, -0.2) is 17.0 Å². The summed E-state index contributed by atoms with van der Waals surface area (Å²) in [5.41, 5.74) is 2.20. The zero-order chi connectivity index (χ0) is 16.1. The van der Waals surface area contributed by atoms with E-state index in [0.717, 1.165) is 17.0 Å². The van der Waals surface area contributed by atoms with Gasteiger partial charge >= 0.3 is 0 Å². The summed E-state index contributed by atoms with van der Waals surface area (Å²) in [5.74, 6) is 0.609. The van der Waals surface area contributed by atoms with E-state index in [1.165, 1.54) is 0 Å². The van der Waals surface area contributed by atoms with E-state index in [-0.39, 0.29) is 18.1 Å². The number of aryl methyl sites for hydroxylation is 1. The summed E-state index contributed by atoms with van der Waals surface area (Å²) < 4.78 is 5.81. The first-order chi connectivity index (χ1) is 10.5. The second-order valence-corrected chi connectivity index (χ2v) is 5.56. The van der Waals surface area contributed by atoms with Crippen LogP contribution in [0.25, 0.3) is 0 Å². The van der Waals surface area contributed by atoms with Crippen LogP contribution in [0, 0.1) is 6.92 Å². The summed E-state index contributed by atoms with van der Waals surface area (Å²) in [7, 11) is 0. The largest absolute Gasteiger partial charge is 0.491 e. The van der Waals surface area contributed by atoms with Crippen LogP contribution in [-0.2, 0) is 0 Å². The molecule has 1 N–H and O–H groups in total. The van der Waals surface area contributed by atoms with Crippen molar-refractivity contribution >= 4 is 5.91 Å². The molecule has 0 aliphatic heterocycles. The predicted molar refractivity (Wildman–Crippen MR) is 87.1 cm³/mol. The quantitative estimate of drug-likeness (QED) is 0.916. The van der Waals surface area contributed by atoms with Gasteiger partial charge in [0.2, 0.25) is 0 Å². The Balaban J connectivity index is 2.15. The zero-order valence-corrected chi connectivity index (χ0v) is 13.5. The molecular formula is C18H22N2O2. The summed E-state index contributed by atoms with van der Waals surface area (Å²) in [4.78, 5) is 16.5. The van der Waals surface area contributed by atoms with Crippen LogP contribution in [0.3, 0.4) is 0 Å². The molecule has 4 nitrogen and oxygen atoms in total. The molecule has 2 rings (SSSR count). The molecule has 1 heterocycles. The number of benzene rings is 1. The lowest BCUT2D eigenvalue weighted by molar-refractivity contribution is 0.0934. The Hall–Kier alpha value is -2.36. The number of nitrogens with one attached hydrogen (secondary N) is 1. The summed E-state index contributed by atoms with van der Waals surface area (Å²) >= 11 is 0. The second-order valence-electron chi connectivity index (χ2n) is 5.56. The van der Waals surface area contributed by atoms with Gasteiger partial charge in [-0.15, -0.1) is 0 Å². The average molecular weight is 298 g/mol. The number of aromatic nitrogens is 1. The van der Waals surface area contributed by atoms with Crippen molar-refractivity contribution in [2.45, 2.75) is 39.8 Å². The minimum atomic E-state index is -0.185. The molecule has 0 saturated carbocycles. The van der Waals surface area contributed by atoms with Crippen molar-refractivity contribution in [3.05, 3.63) is 59.4 Å². The van der Waals surface area contributed by atoms with Crippen LogP contribution in [0.4, 0.5) is 0 Å². The van der Waals surface area contributed by atoms with Crippen LogP contribution in [0.1, 0.15) is 48.6 Å². The molecule has 1 aromatic carbocycles. The third kappa shape index (κ3) is 4.07. The lowest BCUT2D eigenvalue weighted by atomic mass is 10.1. The molecule has 0 bridgehead atoms. The summed E-state index contributed by atoms with van der Waals surface area (Å²) in [5, 5.41) is 2.97. The SMILES string of the molecule is Cc1cccc(C(=O)N[C@@H](C)c2ccccc2OC(C)C)n1. The molecule has 0 radical (unpaired) electrons. The fraction of sp³-hybridized carbons (Fsp3) is 0.333. The van der Waals surface area contributed by atoms with Gasteiger partial charge in [0.25, 0.3) is 5.91 Å². The number of ether oxygens (including phenoxy) is 1. The molecule has 0 saturated heterocycles. The molecule has 1 atom stereocenters. The molecule has 116 valence electrons. The molecule has 22 heavy (non-hydrogen) atoms. The van der Waals surface area contributed by atoms with Crippen molar-refractivity contribution in [1.29, 1.82) is 0 Å². The van der Waals surface area contributed by atoms with Gasteiger partial charge < -0.3 is 10.1 Å². The summed E-state index contributed by atoms with van der Waals surface area (Å²) in [6.07, 6.45) is 0.0856. The van der Waals surface area contributed by atoms with Crippen LogP contribution >= 0.6 is 0 Å². The topological polar surface area (TPSA) is 51.2 Å². The van der Waals surface area contributed by atoms with Crippen molar-refractivity contribution in [3.8, 4) is 5.75 Å². The third-order valence-electron chi connectivity index (χ3n) is 3.22. The Bertz CT molecular complexity index is 653. The Morgan fingerprint density at radius 1 is 1.09 bits per heavy atom. The summed E-state index contributed by atoms with van der Waals surface area (Å²) in [6.45, 7) is 7.77. The minimum absolute atomic E-state index is 0.0856. The lowest BCUT2D eigenvalue weighted by Gasteiger charge is -2.19. The van der Waals surface area contributed by atoms with Crippen molar-refractivity contribution in [2.75, 3.05) is 0 Å². The van der Waals surface area contributed by atoms with Crippen molar-refractivity contribution in [1.82, 2.24) is 10.3 Å². The first-order valence-electron chi connectivity index (χ1n) is 7.47. The number of carbonyl (C=O) groups is 1. The van der Waals surface area contributed by atoms with E-state index < -0.39 is 0 Å². The normalized spacial score (nSPS) is 12.0. The number of carbonyl (C=O) groups excluding carboxylic acids is 1. The fourth-order valence-electron chi connectivity index (χ4n) is 2.22. The molecule has 1 aromatic heterocycles. The van der Waals surface area contributed by atoms with Gasteiger partial charge in [-0.2, -0.15) is 0 Å². The highest BCUT2D eigenvalue weighted by atomic mass is 16.5. The van der Waals surface area contributed by atoms with E-state index in [9.17, 15) is 4.79 Å². The zero-order valence-electron chi connectivity index (χ0n) is 13.5. The molecular weight excluding hydrogens is 276 g/mol. The third-order valence-corrected chi connectivity index (χ3v) is 3.22. The Labute approximate surface area is 131 Å². The maximum atomic E-state index is 12.3. The molecule has 0 aliphatic carbocycles. The first-order valence-corrected chi connectivity index (χ1v) is 7.47. The number of hydrogen-bond donors (Lipinski definition) is 1. The predicted octanol–water partition coefficient (Wildman–Crippen LogP) is 3.67. The Morgan fingerprint density at radius 3 is 2.50 bits per heavy atom. The molecule has 0 unspecified atom stereocenters. The van der Waals surface area contributed by atoms with E-state index >= 15 is 0 Å². The molecule has 1 amide bonds. The van der Waals surface area contributed by atoms with Crippen LogP contribution in [0.2, 0.25) is 0 Å². The van der Waals surface area contributed by atoms with Gasteiger partial charge in [-0.3, -0.25) is 4.79 Å².